The van der Waals surface area contributed by atoms with Crippen LogP contribution in [-0.4, -0.2) is 33.4 Å². The van der Waals surface area contributed by atoms with E-state index in [-0.39, 0.29) is 5.91 Å². The number of carbonyl (C=O) groups excluding carboxylic acids is 1. The molecule has 0 aliphatic carbocycles. The third kappa shape index (κ3) is 5.75. The molecule has 1 unspecified atom stereocenters. The Morgan fingerprint density at radius 3 is 2.57 bits per heavy atom. The molecule has 0 saturated heterocycles. The van der Waals surface area contributed by atoms with Gasteiger partial charge in [-0.15, -0.1) is 10.2 Å². The van der Waals surface area contributed by atoms with Gasteiger partial charge >= 0.3 is 0 Å². The number of hydrogen-bond donors (Lipinski definition) is 0. The summed E-state index contributed by atoms with van der Waals surface area (Å²) in [5.41, 5.74) is 2.88. The van der Waals surface area contributed by atoms with Crippen molar-refractivity contribution in [3.63, 3.8) is 0 Å². The standard InChI is InChI=1S/C27H32N4O3S/c1-5-9-23(32)31-22-11-8-7-10-21(22)24-25(28-27(30-29-24)35-17-18(3)4)34-26(31)19-12-14-20(15-13-19)33-16-6-2/h7-8,10-15,18,26H,5-6,9,16-17H2,1-4H3. The van der Waals surface area contributed by atoms with Gasteiger partial charge in [0.05, 0.1) is 12.3 Å². The van der Waals surface area contributed by atoms with Crippen LogP contribution in [0.15, 0.2) is 53.7 Å². The molecule has 3 aromatic rings. The summed E-state index contributed by atoms with van der Waals surface area (Å²) < 4.78 is 12.3. The van der Waals surface area contributed by atoms with Crippen molar-refractivity contribution in [1.29, 1.82) is 0 Å². The molecule has 1 amide bonds. The number of para-hydroxylation sites is 1. The van der Waals surface area contributed by atoms with Crippen molar-refractivity contribution in [3.05, 3.63) is 54.1 Å². The molecule has 1 aliphatic heterocycles. The van der Waals surface area contributed by atoms with Crippen molar-refractivity contribution in [2.75, 3.05) is 17.3 Å². The largest absolute Gasteiger partial charge is 0.494 e. The van der Waals surface area contributed by atoms with Gasteiger partial charge in [-0.3, -0.25) is 9.69 Å². The van der Waals surface area contributed by atoms with E-state index in [0.717, 1.165) is 41.2 Å². The van der Waals surface area contributed by atoms with Crippen molar-refractivity contribution in [2.24, 2.45) is 5.92 Å². The minimum Gasteiger partial charge on any atom is -0.494 e. The molecule has 2 aromatic carbocycles. The highest BCUT2D eigenvalue weighted by atomic mass is 32.2. The summed E-state index contributed by atoms with van der Waals surface area (Å²) in [5.74, 6) is 2.51. The molecule has 1 aromatic heterocycles. The van der Waals surface area contributed by atoms with Crippen LogP contribution in [0.2, 0.25) is 0 Å². The molecule has 184 valence electrons. The zero-order chi connectivity index (χ0) is 24.8. The lowest BCUT2D eigenvalue weighted by Crippen LogP contribution is -2.37. The maximum absolute atomic E-state index is 13.5. The predicted molar refractivity (Wildman–Crippen MR) is 139 cm³/mol. The van der Waals surface area contributed by atoms with Crippen molar-refractivity contribution in [3.8, 4) is 22.9 Å². The minimum absolute atomic E-state index is 0.0218. The molecule has 0 radical (unpaired) electrons. The fourth-order valence-electron chi connectivity index (χ4n) is 3.79. The van der Waals surface area contributed by atoms with Crippen LogP contribution in [0, 0.1) is 5.92 Å². The SMILES string of the molecule is CCCOc1ccc(C2Oc3nc(SCC(C)C)nnc3-c3ccccc3N2C(=O)CCC)cc1. The van der Waals surface area contributed by atoms with Gasteiger partial charge in [-0.05, 0) is 49.1 Å². The molecule has 0 bridgehead atoms. The number of anilines is 1. The Balaban J connectivity index is 1.81. The molecule has 1 aliphatic rings. The molecule has 0 fully saturated rings. The predicted octanol–water partition coefficient (Wildman–Crippen LogP) is 6.30. The second kappa shape index (κ2) is 11.5. The van der Waals surface area contributed by atoms with E-state index in [1.807, 2.05) is 55.5 Å². The van der Waals surface area contributed by atoms with E-state index in [1.54, 1.807) is 16.7 Å². The van der Waals surface area contributed by atoms with Gasteiger partial charge in [0.25, 0.3) is 0 Å². The highest BCUT2D eigenvalue weighted by Gasteiger charge is 2.35. The van der Waals surface area contributed by atoms with Gasteiger partial charge in [0.2, 0.25) is 23.2 Å². The monoisotopic (exact) mass is 492 g/mol. The van der Waals surface area contributed by atoms with Crippen LogP contribution < -0.4 is 14.4 Å². The summed E-state index contributed by atoms with van der Waals surface area (Å²) in [5, 5.41) is 9.41. The number of fused-ring (bicyclic) bond motifs is 3. The molecule has 0 saturated carbocycles. The Bertz CT molecular complexity index is 1150. The van der Waals surface area contributed by atoms with Gasteiger partial charge in [-0.1, -0.05) is 57.7 Å². The average Bonchev–Trinajstić information content (AvgIpc) is 3.01. The lowest BCUT2D eigenvalue weighted by Gasteiger charge is -2.31. The molecule has 2 heterocycles. The van der Waals surface area contributed by atoms with Crippen LogP contribution in [0.3, 0.4) is 0 Å². The maximum Gasteiger partial charge on any atom is 0.247 e. The highest BCUT2D eigenvalue weighted by molar-refractivity contribution is 7.99. The number of carbonyl (C=O) groups is 1. The Labute approximate surface area is 211 Å². The summed E-state index contributed by atoms with van der Waals surface area (Å²) in [6.45, 7) is 9.02. The lowest BCUT2D eigenvalue weighted by atomic mass is 10.1. The second-order valence-electron chi connectivity index (χ2n) is 8.87. The summed E-state index contributed by atoms with van der Waals surface area (Å²) in [6.07, 6.45) is 1.37. The van der Waals surface area contributed by atoms with Crippen LogP contribution in [-0.2, 0) is 4.79 Å². The normalized spacial score (nSPS) is 14.7. The number of thioether (sulfide) groups is 1. The van der Waals surface area contributed by atoms with Crippen LogP contribution in [0.25, 0.3) is 11.3 Å². The van der Waals surface area contributed by atoms with Crippen LogP contribution in [0.5, 0.6) is 11.6 Å². The summed E-state index contributed by atoms with van der Waals surface area (Å²) in [6, 6.07) is 15.4. The number of nitrogens with zero attached hydrogens (tertiary/aromatic N) is 4. The third-order valence-electron chi connectivity index (χ3n) is 5.43. The van der Waals surface area contributed by atoms with E-state index >= 15 is 0 Å². The first kappa shape index (κ1) is 25.0. The fraction of sp³-hybridized carbons (Fsp3) is 0.407. The quantitative estimate of drug-likeness (QED) is 0.324. The first-order valence-electron chi connectivity index (χ1n) is 12.2. The van der Waals surface area contributed by atoms with Gasteiger partial charge in [-0.2, -0.15) is 4.98 Å². The number of hydrogen-bond acceptors (Lipinski definition) is 7. The molecule has 35 heavy (non-hydrogen) atoms. The molecule has 7 nitrogen and oxygen atoms in total. The van der Waals surface area contributed by atoms with Crippen LogP contribution >= 0.6 is 11.8 Å². The van der Waals surface area contributed by atoms with E-state index < -0.39 is 6.23 Å². The second-order valence-corrected chi connectivity index (χ2v) is 9.86. The number of benzene rings is 2. The first-order chi connectivity index (χ1) is 17.0. The number of aromatic nitrogens is 3. The molecule has 0 spiro atoms. The molecular weight excluding hydrogens is 460 g/mol. The highest BCUT2D eigenvalue weighted by Crippen LogP contribution is 2.43. The van der Waals surface area contributed by atoms with Gasteiger partial charge in [0.1, 0.15) is 5.75 Å². The van der Waals surface area contributed by atoms with Crippen molar-refractivity contribution >= 4 is 23.4 Å². The summed E-state index contributed by atoms with van der Waals surface area (Å²) >= 11 is 1.55. The zero-order valence-corrected chi connectivity index (χ0v) is 21.5. The van der Waals surface area contributed by atoms with E-state index in [4.69, 9.17) is 14.5 Å². The minimum atomic E-state index is -0.698. The lowest BCUT2D eigenvalue weighted by molar-refractivity contribution is -0.120. The van der Waals surface area contributed by atoms with Crippen LogP contribution in [0.4, 0.5) is 5.69 Å². The van der Waals surface area contributed by atoms with Crippen molar-refractivity contribution in [1.82, 2.24) is 15.2 Å². The Hall–Kier alpha value is -3.13. The molecule has 4 rings (SSSR count). The third-order valence-corrected chi connectivity index (χ3v) is 6.69. The molecule has 8 heteroatoms. The summed E-state index contributed by atoms with van der Waals surface area (Å²) in [7, 11) is 0. The number of ether oxygens (including phenoxy) is 2. The van der Waals surface area contributed by atoms with E-state index in [2.05, 4.69) is 31.0 Å². The first-order valence-corrected chi connectivity index (χ1v) is 13.2. The van der Waals surface area contributed by atoms with Crippen molar-refractivity contribution < 1.29 is 14.3 Å². The maximum atomic E-state index is 13.5. The van der Waals surface area contributed by atoms with Gasteiger partial charge in [0.15, 0.2) is 5.69 Å². The van der Waals surface area contributed by atoms with E-state index in [0.29, 0.717) is 35.7 Å². The Kier molecular flexibility index (Phi) is 8.23. The summed E-state index contributed by atoms with van der Waals surface area (Å²) in [4.78, 5) is 19.9. The number of rotatable bonds is 9. The Morgan fingerprint density at radius 2 is 1.86 bits per heavy atom. The molecule has 0 N–H and O–H groups in total. The molecule has 1 atom stereocenters. The van der Waals surface area contributed by atoms with Gasteiger partial charge in [-0.25, -0.2) is 0 Å². The topological polar surface area (TPSA) is 77.4 Å². The number of amides is 1. The van der Waals surface area contributed by atoms with Crippen LogP contribution in [0.1, 0.15) is 58.7 Å². The van der Waals surface area contributed by atoms with Gasteiger partial charge in [0, 0.05) is 23.3 Å². The van der Waals surface area contributed by atoms with Gasteiger partial charge < -0.3 is 9.47 Å². The fourth-order valence-corrected chi connectivity index (χ4v) is 4.51. The van der Waals surface area contributed by atoms with E-state index in [1.165, 1.54) is 0 Å². The molecular formula is C27H32N4O3S. The average molecular weight is 493 g/mol. The smallest absolute Gasteiger partial charge is 0.247 e. The van der Waals surface area contributed by atoms with Crippen molar-refractivity contribution in [2.45, 2.75) is 58.3 Å². The Morgan fingerprint density at radius 1 is 1.09 bits per heavy atom. The van der Waals surface area contributed by atoms with E-state index in [9.17, 15) is 4.79 Å². The zero-order valence-electron chi connectivity index (χ0n) is 20.7.